The van der Waals surface area contributed by atoms with Crippen LogP contribution in [-0.2, 0) is 6.42 Å². The zero-order valence-electron chi connectivity index (χ0n) is 15.1. The van der Waals surface area contributed by atoms with E-state index in [1.54, 1.807) is 36.4 Å². The van der Waals surface area contributed by atoms with E-state index in [1.807, 2.05) is 32.1 Å². The maximum absolute atomic E-state index is 14.7. The van der Waals surface area contributed by atoms with E-state index in [1.165, 1.54) is 0 Å². The van der Waals surface area contributed by atoms with Gasteiger partial charge in [-0.05, 0) is 67.5 Å². The van der Waals surface area contributed by atoms with E-state index in [4.69, 9.17) is 4.74 Å². The van der Waals surface area contributed by atoms with Crippen molar-refractivity contribution < 1.29 is 13.5 Å². The quantitative estimate of drug-likeness (QED) is 0.449. The van der Waals surface area contributed by atoms with Gasteiger partial charge in [0, 0.05) is 10.9 Å². The zero-order chi connectivity index (χ0) is 18.5. The normalized spacial score (nSPS) is 11.4. The van der Waals surface area contributed by atoms with Gasteiger partial charge in [-0.15, -0.1) is 0 Å². The van der Waals surface area contributed by atoms with Crippen molar-refractivity contribution in [3.05, 3.63) is 77.9 Å². The number of ether oxygens (including phenoxy) is 1. The minimum atomic E-state index is -0.813. The molecule has 0 N–H and O–H groups in total. The van der Waals surface area contributed by atoms with Crippen molar-refractivity contribution in [3.63, 3.8) is 0 Å². The highest BCUT2D eigenvalue weighted by molar-refractivity contribution is 5.89. The molecule has 0 saturated heterocycles. The second kappa shape index (κ2) is 8.13. The average Bonchev–Trinajstić information content (AvgIpc) is 2.66. The molecule has 134 valence electrons. The fourth-order valence-corrected chi connectivity index (χ4v) is 3.05. The summed E-state index contributed by atoms with van der Waals surface area (Å²) in [6.07, 6.45) is 5.75. The zero-order valence-corrected chi connectivity index (χ0v) is 15.1. The molecule has 0 fully saturated rings. The Bertz CT molecular complexity index is 927. The lowest BCUT2D eigenvalue weighted by molar-refractivity contribution is 0.340. The summed E-state index contributed by atoms with van der Waals surface area (Å²) in [6.45, 7) is 4.44. The number of hydrogen-bond acceptors (Lipinski definition) is 1. The lowest BCUT2D eigenvalue weighted by Crippen LogP contribution is -1.95. The first-order valence-electron chi connectivity index (χ1n) is 8.89. The number of hydrogen-bond donors (Lipinski definition) is 0. The summed E-state index contributed by atoms with van der Waals surface area (Å²) in [5.41, 5.74) is 1.89. The highest BCUT2D eigenvalue weighted by atomic mass is 19.2. The third-order valence-corrected chi connectivity index (χ3v) is 4.39. The summed E-state index contributed by atoms with van der Waals surface area (Å²) < 4.78 is 34.8. The Morgan fingerprint density at radius 1 is 0.962 bits per heavy atom. The Labute approximate surface area is 152 Å². The topological polar surface area (TPSA) is 9.23 Å². The average molecular weight is 352 g/mol. The first kappa shape index (κ1) is 18.1. The van der Waals surface area contributed by atoms with Crippen LogP contribution in [0.2, 0.25) is 0 Å². The Morgan fingerprint density at radius 3 is 2.42 bits per heavy atom. The lowest BCUT2D eigenvalue weighted by atomic mass is 9.97. The van der Waals surface area contributed by atoms with Crippen LogP contribution >= 0.6 is 0 Å². The Morgan fingerprint density at radius 2 is 1.73 bits per heavy atom. The van der Waals surface area contributed by atoms with E-state index in [0.29, 0.717) is 28.7 Å². The molecule has 3 heteroatoms. The van der Waals surface area contributed by atoms with E-state index in [-0.39, 0.29) is 5.56 Å². The van der Waals surface area contributed by atoms with E-state index in [2.05, 4.69) is 6.08 Å². The molecule has 0 aliphatic carbocycles. The molecule has 0 aliphatic heterocycles. The molecule has 0 atom stereocenters. The molecule has 0 bridgehead atoms. The molecule has 0 radical (unpaired) electrons. The summed E-state index contributed by atoms with van der Waals surface area (Å²) in [6, 6.07) is 14.3. The standard InChI is InChI=1S/C23H22F2O/c1-3-5-6-7-16-8-9-18-15-21(23(25)22(24)20(18)14-16)17-10-12-19(13-11-17)26-4-2/h3,5,8-15H,4,6-7H2,1-2H3/b5-3+. The SMILES string of the molecule is C/C=C/CCc1ccc2cc(-c3ccc(OCC)cc3)c(F)c(F)c2c1. The number of fused-ring (bicyclic) bond motifs is 1. The van der Waals surface area contributed by atoms with Gasteiger partial charge < -0.3 is 4.74 Å². The maximum atomic E-state index is 14.7. The third-order valence-electron chi connectivity index (χ3n) is 4.39. The molecule has 1 nitrogen and oxygen atoms in total. The molecule has 3 rings (SSSR count). The predicted molar refractivity (Wildman–Crippen MR) is 104 cm³/mol. The minimum absolute atomic E-state index is 0.264. The number of rotatable bonds is 6. The first-order valence-corrected chi connectivity index (χ1v) is 8.89. The molecule has 0 aliphatic rings. The van der Waals surface area contributed by atoms with Crippen LogP contribution in [0.25, 0.3) is 21.9 Å². The fraction of sp³-hybridized carbons (Fsp3) is 0.217. The van der Waals surface area contributed by atoms with Gasteiger partial charge in [0.1, 0.15) is 5.75 Å². The second-order valence-electron chi connectivity index (χ2n) is 6.17. The summed E-state index contributed by atoms with van der Waals surface area (Å²) in [7, 11) is 0. The summed E-state index contributed by atoms with van der Waals surface area (Å²) in [5.74, 6) is -0.893. The molecule has 3 aromatic carbocycles. The molecule has 0 unspecified atom stereocenters. The Balaban J connectivity index is 2.00. The molecule has 0 heterocycles. The van der Waals surface area contributed by atoms with Gasteiger partial charge in [0.2, 0.25) is 0 Å². The van der Waals surface area contributed by atoms with Crippen LogP contribution < -0.4 is 4.74 Å². The van der Waals surface area contributed by atoms with Crippen molar-refractivity contribution in [1.29, 1.82) is 0 Å². The van der Waals surface area contributed by atoms with Crippen molar-refractivity contribution >= 4 is 10.8 Å². The van der Waals surface area contributed by atoms with Crippen molar-refractivity contribution in [2.75, 3.05) is 6.61 Å². The van der Waals surface area contributed by atoms with Crippen molar-refractivity contribution in [2.24, 2.45) is 0 Å². The van der Waals surface area contributed by atoms with Gasteiger partial charge in [0.15, 0.2) is 11.6 Å². The van der Waals surface area contributed by atoms with Crippen molar-refractivity contribution in [1.82, 2.24) is 0 Å². The number of allylic oxidation sites excluding steroid dienone is 2. The fourth-order valence-electron chi connectivity index (χ4n) is 3.05. The highest BCUT2D eigenvalue weighted by Gasteiger charge is 2.15. The third kappa shape index (κ3) is 3.77. The van der Waals surface area contributed by atoms with Crippen LogP contribution in [0.15, 0.2) is 60.7 Å². The van der Waals surface area contributed by atoms with Crippen LogP contribution in [0, 0.1) is 11.6 Å². The van der Waals surface area contributed by atoms with Gasteiger partial charge in [-0.1, -0.05) is 36.4 Å². The van der Waals surface area contributed by atoms with E-state index >= 15 is 0 Å². The van der Waals surface area contributed by atoms with E-state index < -0.39 is 11.6 Å². The van der Waals surface area contributed by atoms with E-state index in [9.17, 15) is 8.78 Å². The highest BCUT2D eigenvalue weighted by Crippen LogP contribution is 2.32. The van der Waals surface area contributed by atoms with Gasteiger partial charge in [0.05, 0.1) is 6.61 Å². The van der Waals surface area contributed by atoms with Gasteiger partial charge in [0.25, 0.3) is 0 Å². The lowest BCUT2D eigenvalue weighted by Gasteiger charge is -2.10. The smallest absolute Gasteiger partial charge is 0.167 e. The minimum Gasteiger partial charge on any atom is -0.494 e. The van der Waals surface area contributed by atoms with Crippen molar-refractivity contribution in [2.45, 2.75) is 26.7 Å². The van der Waals surface area contributed by atoms with Gasteiger partial charge in [-0.25, -0.2) is 8.78 Å². The van der Waals surface area contributed by atoms with Gasteiger partial charge in [-0.3, -0.25) is 0 Å². The maximum Gasteiger partial charge on any atom is 0.167 e. The largest absolute Gasteiger partial charge is 0.494 e. The molecular formula is C23H22F2O. The summed E-state index contributed by atoms with van der Waals surface area (Å²) >= 11 is 0. The number of halogens is 2. The van der Waals surface area contributed by atoms with Crippen LogP contribution in [0.3, 0.4) is 0 Å². The molecule has 0 aromatic heterocycles. The molecule has 0 amide bonds. The predicted octanol–water partition coefficient (Wildman–Crippen LogP) is 6.69. The van der Waals surface area contributed by atoms with Crippen LogP contribution in [0.4, 0.5) is 8.78 Å². The Hall–Kier alpha value is -2.68. The van der Waals surface area contributed by atoms with Crippen LogP contribution in [0.5, 0.6) is 5.75 Å². The molecule has 0 spiro atoms. The van der Waals surface area contributed by atoms with Gasteiger partial charge >= 0.3 is 0 Å². The number of benzene rings is 3. The number of aryl methyl sites for hydroxylation is 1. The summed E-state index contributed by atoms with van der Waals surface area (Å²) in [4.78, 5) is 0. The van der Waals surface area contributed by atoms with E-state index in [0.717, 1.165) is 18.4 Å². The Kier molecular flexibility index (Phi) is 5.67. The van der Waals surface area contributed by atoms with Crippen LogP contribution in [-0.4, -0.2) is 6.61 Å². The molecular weight excluding hydrogens is 330 g/mol. The van der Waals surface area contributed by atoms with Gasteiger partial charge in [-0.2, -0.15) is 0 Å². The molecule has 0 saturated carbocycles. The summed E-state index contributed by atoms with van der Waals surface area (Å²) in [5, 5.41) is 1.03. The van der Waals surface area contributed by atoms with Crippen LogP contribution in [0.1, 0.15) is 25.8 Å². The first-order chi connectivity index (χ1) is 12.6. The molecule has 26 heavy (non-hydrogen) atoms. The second-order valence-corrected chi connectivity index (χ2v) is 6.17. The monoisotopic (exact) mass is 352 g/mol. The molecule has 3 aromatic rings. The van der Waals surface area contributed by atoms with Crippen molar-refractivity contribution in [3.8, 4) is 16.9 Å².